The van der Waals surface area contributed by atoms with Gasteiger partial charge >= 0.3 is 11.9 Å². The SMILES string of the molecule is CCN(CCN(CC(=O)O)C(C)CC1CCCCC1)C(CC1CCCCC1)C(=O)O. The summed E-state index contributed by atoms with van der Waals surface area (Å²) in [5, 5.41) is 19.3. The van der Waals surface area contributed by atoms with Crippen LogP contribution in [0.5, 0.6) is 0 Å². The van der Waals surface area contributed by atoms with Crippen LogP contribution in [-0.4, -0.2) is 70.2 Å². The van der Waals surface area contributed by atoms with Crippen LogP contribution in [0.3, 0.4) is 0 Å². The van der Waals surface area contributed by atoms with Crippen molar-refractivity contribution >= 4 is 11.9 Å². The molecule has 2 unspecified atom stereocenters. The summed E-state index contributed by atoms with van der Waals surface area (Å²) in [6.45, 7) is 6.10. The van der Waals surface area contributed by atoms with Crippen molar-refractivity contribution in [2.75, 3.05) is 26.2 Å². The van der Waals surface area contributed by atoms with Gasteiger partial charge in [0.05, 0.1) is 6.54 Å². The van der Waals surface area contributed by atoms with E-state index in [4.69, 9.17) is 0 Å². The number of carboxylic acid groups (broad SMARTS) is 2. The molecule has 174 valence electrons. The van der Waals surface area contributed by atoms with E-state index in [1.54, 1.807) is 0 Å². The molecule has 0 amide bonds. The van der Waals surface area contributed by atoms with Crippen LogP contribution >= 0.6 is 0 Å². The van der Waals surface area contributed by atoms with E-state index in [0.717, 1.165) is 25.7 Å². The minimum atomic E-state index is -0.800. The Labute approximate surface area is 183 Å². The molecule has 2 atom stereocenters. The summed E-state index contributed by atoms with van der Waals surface area (Å²) in [5.41, 5.74) is 0. The lowest BCUT2D eigenvalue weighted by Crippen LogP contribution is -2.48. The molecule has 0 aliphatic heterocycles. The molecular weight excluding hydrogens is 380 g/mol. The monoisotopic (exact) mass is 424 g/mol. The number of likely N-dealkylation sites (N-methyl/N-ethyl adjacent to an activating group) is 1. The van der Waals surface area contributed by atoms with E-state index in [1.807, 2.05) is 6.92 Å². The fourth-order valence-electron chi connectivity index (χ4n) is 5.62. The Balaban J connectivity index is 1.94. The highest BCUT2D eigenvalue weighted by Crippen LogP contribution is 2.30. The fourth-order valence-corrected chi connectivity index (χ4v) is 5.62. The zero-order valence-electron chi connectivity index (χ0n) is 19.2. The molecule has 2 rings (SSSR count). The highest BCUT2D eigenvalue weighted by molar-refractivity contribution is 5.73. The average molecular weight is 425 g/mol. The van der Waals surface area contributed by atoms with Crippen molar-refractivity contribution in [3.05, 3.63) is 0 Å². The minimum absolute atomic E-state index is 0.0335. The summed E-state index contributed by atoms with van der Waals surface area (Å²) in [5.74, 6) is -0.326. The maximum absolute atomic E-state index is 12.0. The number of carboxylic acids is 2. The van der Waals surface area contributed by atoms with Crippen LogP contribution < -0.4 is 0 Å². The maximum Gasteiger partial charge on any atom is 0.320 e. The maximum atomic E-state index is 12.0. The molecule has 0 aromatic rings. The van der Waals surface area contributed by atoms with Gasteiger partial charge in [0.25, 0.3) is 0 Å². The summed E-state index contributed by atoms with van der Waals surface area (Å²) in [6, 6.07) is -0.247. The van der Waals surface area contributed by atoms with E-state index < -0.39 is 18.0 Å². The van der Waals surface area contributed by atoms with Crippen molar-refractivity contribution < 1.29 is 19.8 Å². The standard InChI is InChI=1S/C24H44N2O4/c1-3-25(22(24(29)30)17-21-12-8-5-9-13-21)14-15-26(18-23(27)28)19(2)16-20-10-6-4-7-11-20/h19-22H,3-18H2,1-2H3,(H,27,28)(H,29,30). The van der Waals surface area contributed by atoms with E-state index in [9.17, 15) is 19.8 Å². The Bertz CT molecular complexity index is 513. The van der Waals surface area contributed by atoms with Gasteiger partial charge < -0.3 is 10.2 Å². The number of hydrogen-bond acceptors (Lipinski definition) is 4. The first-order valence-electron chi connectivity index (χ1n) is 12.3. The summed E-state index contributed by atoms with van der Waals surface area (Å²) >= 11 is 0. The van der Waals surface area contributed by atoms with Crippen LogP contribution in [0.1, 0.15) is 90.9 Å². The third-order valence-electron chi connectivity index (χ3n) is 7.45. The largest absolute Gasteiger partial charge is 0.480 e. The normalized spacial score (nSPS) is 21.1. The van der Waals surface area contributed by atoms with Crippen molar-refractivity contribution in [2.45, 2.75) is 103 Å². The first-order chi connectivity index (χ1) is 14.4. The first kappa shape index (κ1) is 25.1. The molecule has 0 aromatic heterocycles. The van der Waals surface area contributed by atoms with Gasteiger partial charge in [0, 0.05) is 19.1 Å². The molecule has 0 saturated heterocycles. The van der Waals surface area contributed by atoms with Gasteiger partial charge in [0.1, 0.15) is 6.04 Å². The van der Waals surface area contributed by atoms with Crippen LogP contribution in [0.25, 0.3) is 0 Å². The summed E-state index contributed by atoms with van der Waals surface area (Å²) in [4.78, 5) is 27.6. The van der Waals surface area contributed by atoms with Crippen LogP contribution in [0, 0.1) is 11.8 Å². The molecule has 0 spiro atoms. The molecule has 6 heteroatoms. The van der Waals surface area contributed by atoms with Gasteiger partial charge in [-0.3, -0.25) is 19.4 Å². The number of rotatable bonds is 13. The molecule has 2 aliphatic carbocycles. The molecule has 2 saturated carbocycles. The fraction of sp³-hybridized carbons (Fsp3) is 0.917. The predicted octanol–water partition coefficient (Wildman–Crippen LogP) is 4.48. The van der Waals surface area contributed by atoms with Crippen molar-refractivity contribution in [1.82, 2.24) is 9.80 Å². The topological polar surface area (TPSA) is 81.1 Å². The smallest absolute Gasteiger partial charge is 0.320 e. The van der Waals surface area contributed by atoms with E-state index in [1.165, 1.54) is 51.4 Å². The van der Waals surface area contributed by atoms with Gasteiger partial charge in [-0.15, -0.1) is 0 Å². The Kier molecular flexibility index (Phi) is 11.1. The summed E-state index contributed by atoms with van der Waals surface area (Å²) in [6.07, 6.45) is 14.2. The molecule has 0 aromatic carbocycles. The average Bonchev–Trinajstić information content (AvgIpc) is 2.73. The van der Waals surface area contributed by atoms with Crippen molar-refractivity contribution in [2.24, 2.45) is 11.8 Å². The molecular formula is C24H44N2O4. The van der Waals surface area contributed by atoms with Crippen molar-refractivity contribution in [3.63, 3.8) is 0 Å². The second-order valence-corrected chi connectivity index (χ2v) is 9.68. The molecule has 0 heterocycles. The molecule has 0 radical (unpaired) electrons. The van der Waals surface area contributed by atoms with Gasteiger partial charge in [-0.1, -0.05) is 71.1 Å². The molecule has 30 heavy (non-hydrogen) atoms. The molecule has 6 nitrogen and oxygen atoms in total. The van der Waals surface area contributed by atoms with Gasteiger partial charge in [-0.05, 0) is 38.1 Å². The summed E-state index contributed by atoms with van der Waals surface area (Å²) in [7, 11) is 0. The molecule has 2 N–H and O–H groups in total. The summed E-state index contributed by atoms with van der Waals surface area (Å²) < 4.78 is 0. The first-order valence-corrected chi connectivity index (χ1v) is 12.3. The third kappa shape index (κ3) is 8.54. The van der Waals surface area contributed by atoms with Crippen molar-refractivity contribution in [1.29, 1.82) is 0 Å². The number of aliphatic carboxylic acids is 2. The zero-order chi connectivity index (χ0) is 21.9. The van der Waals surface area contributed by atoms with Crippen LogP contribution in [0.15, 0.2) is 0 Å². The minimum Gasteiger partial charge on any atom is -0.480 e. The number of carbonyl (C=O) groups is 2. The lowest BCUT2D eigenvalue weighted by molar-refractivity contribution is -0.145. The number of nitrogens with zero attached hydrogens (tertiary/aromatic N) is 2. The van der Waals surface area contributed by atoms with Crippen LogP contribution in [0.4, 0.5) is 0 Å². The Morgan fingerprint density at radius 1 is 0.833 bits per heavy atom. The van der Waals surface area contributed by atoms with E-state index in [-0.39, 0.29) is 12.6 Å². The van der Waals surface area contributed by atoms with E-state index in [0.29, 0.717) is 31.5 Å². The van der Waals surface area contributed by atoms with Crippen LogP contribution in [-0.2, 0) is 9.59 Å². The zero-order valence-corrected chi connectivity index (χ0v) is 19.2. The number of hydrogen-bond donors (Lipinski definition) is 2. The second kappa shape index (κ2) is 13.3. The highest BCUT2D eigenvalue weighted by atomic mass is 16.4. The second-order valence-electron chi connectivity index (χ2n) is 9.68. The highest BCUT2D eigenvalue weighted by Gasteiger charge is 2.30. The predicted molar refractivity (Wildman–Crippen MR) is 120 cm³/mol. The lowest BCUT2D eigenvalue weighted by Gasteiger charge is -2.36. The molecule has 2 aliphatic rings. The van der Waals surface area contributed by atoms with Gasteiger partial charge in [0.2, 0.25) is 0 Å². The molecule has 2 fully saturated rings. The third-order valence-corrected chi connectivity index (χ3v) is 7.45. The van der Waals surface area contributed by atoms with Crippen LogP contribution in [0.2, 0.25) is 0 Å². The Morgan fingerprint density at radius 2 is 1.33 bits per heavy atom. The van der Waals surface area contributed by atoms with Gasteiger partial charge in [-0.2, -0.15) is 0 Å². The quantitative estimate of drug-likeness (QED) is 0.454. The Morgan fingerprint density at radius 3 is 1.80 bits per heavy atom. The van der Waals surface area contributed by atoms with Gasteiger partial charge in [-0.25, -0.2) is 0 Å². The van der Waals surface area contributed by atoms with E-state index in [2.05, 4.69) is 16.7 Å². The Hall–Kier alpha value is -1.14. The van der Waals surface area contributed by atoms with Gasteiger partial charge in [0.15, 0.2) is 0 Å². The molecule has 0 bridgehead atoms. The van der Waals surface area contributed by atoms with Crippen molar-refractivity contribution in [3.8, 4) is 0 Å². The van der Waals surface area contributed by atoms with E-state index >= 15 is 0 Å². The lowest BCUT2D eigenvalue weighted by atomic mass is 9.84.